The maximum absolute atomic E-state index is 5.46. The number of ether oxygens (including phenoxy) is 1. The van der Waals surface area contributed by atoms with Gasteiger partial charge in [-0.25, -0.2) is 0 Å². The van der Waals surface area contributed by atoms with E-state index in [1.54, 1.807) is 18.4 Å². The molecule has 0 bridgehead atoms. The Morgan fingerprint density at radius 1 is 1.64 bits per heavy atom. The second-order valence-corrected chi connectivity index (χ2v) is 4.16. The summed E-state index contributed by atoms with van der Waals surface area (Å²) in [6.07, 6.45) is 2.20. The van der Waals surface area contributed by atoms with Crippen molar-refractivity contribution in [3.05, 3.63) is 22.4 Å². The Hall–Kier alpha value is -0.420. The molecule has 1 aromatic heterocycles. The summed E-state index contributed by atoms with van der Waals surface area (Å²) < 4.78 is 5.23. The molecule has 14 heavy (non-hydrogen) atoms. The van der Waals surface area contributed by atoms with Crippen LogP contribution in [0, 0.1) is 0 Å². The van der Waals surface area contributed by atoms with E-state index in [-0.39, 0.29) is 12.1 Å². The highest BCUT2D eigenvalue weighted by Gasteiger charge is 2.14. The van der Waals surface area contributed by atoms with Gasteiger partial charge in [-0.2, -0.15) is 11.3 Å². The first-order chi connectivity index (χ1) is 6.77. The lowest BCUT2D eigenvalue weighted by Gasteiger charge is -2.21. The van der Waals surface area contributed by atoms with Crippen LogP contribution in [0.5, 0.6) is 0 Å². The number of nitrogens with two attached hydrogens (primary N) is 1. The summed E-state index contributed by atoms with van der Waals surface area (Å²) in [5, 5.41) is 4.27. The van der Waals surface area contributed by atoms with Gasteiger partial charge in [0.25, 0.3) is 0 Å². The molecule has 0 aromatic carbocycles. The number of methoxy groups -OCH3 is 1. The van der Waals surface area contributed by atoms with Gasteiger partial charge in [0.15, 0.2) is 0 Å². The average Bonchev–Trinajstić information content (AvgIpc) is 2.71. The van der Waals surface area contributed by atoms with Crippen molar-refractivity contribution in [1.29, 1.82) is 0 Å². The van der Waals surface area contributed by atoms with E-state index in [1.165, 1.54) is 5.56 Å². The molecule has 0 radical (unpaired) electrons. The van der Waals surface area contributed by atoms with Crippen LogP contribution in [0.15, 0.2) is 16.8 Å². The fraction of sp³-hybridized carbons (Fsp3) is 0.600. The number of hydrogen-bond acceptors (Lipinski definition) is 4. The van der Waals surface area contributed by atoms with Crippen molar-refractivity contribution >= 4 is 11.3 Å². The lowest BCUT2D eigenvalue weighted by atomic mass is 10.0. The van der Waals surface area contributed by atoms with E-state index < -0.39 is 0 Å². The fourth-order valence-electron chi connectivity index (χ4n) is 1.37. The summed E-state index contributed by atoms with van der Waals surface area (Å²) in [5.41, 5.74) is 4.17. The maximum Gasteiger partial charge on any atom is 0.0709 e. The summed E-state index contributed by atoms with van der Waals surface area (Å²) in [4.78, 5) is 0. The van der Waals surface area contributed by atoms with Gasteiger partial charge in [0, 0.05) is 13.2 Å². The summed E-state index contributed by atoms with van der Waals surface area (Å²) in [5.74, 6) is 5.46. The third kappa shape index (κ3) is 3.38. The van der Waals surface area contributed by atoms with Crippen LogP contribution in [0.25, 0.3) is 0 Å². The minimum absolute atomic E-state index is 0.152. The molecule has 3 nitrogen and oxygen atoms in total. The molecule has 0 aliphatic rings. The molecule has 80 valence electrons. The normalized spacial score (nSPS) is 15.4. The van der Waals surface area contributed by atoms with E-state index in [4.69, 9.17) is 10.6 Å². The van der Waals surface area contributed by atoms with Gasteiger partial charge in [0.05, 0.1) is 6.10 Å². The zero-order valence-corrected chi connectivity index (χ0v) is 9.51. The molecular weight excluding hydrogens is 196 g/mol. The van der Waals surface area contributed by atoms with Crippen molar-refractivity contribution < 1.29 is 4.74 Å². The zero-order valence-electron chi connectivity index (χ0n) is 8.69. The van der Waals surface area contributed by atoms with Gasteiger partial charge in [0.2, 0.25) is 0 Å². The largest absolute Gasteiger partial charge is 0.380 e. The van der Waals surface area contributed by atoms with Gasteiger partial charge in [0.1, 0.15) is 0 Å². The van der Waals surface area contributed by atoms with Crippen LogP contribution in [0.4, 0.5) is 0 Å². The molecule has 1 aromatic rings. The van der Waals surface area contributed by atoms with Gasteiger partial charge < -0.3 is 4.74 Å². The highest BCUT2D eigenvalue weighted by molar-refractivity contribution is 7.07. The van der Waals surface area contributed by atoms with Crippen LogP contribution in [0.1, 0.15) is 18.9 Å². The van der Waals surface area contributed by atoms with Crippen LogP contribution in [0.2, 0.25) is 0 Å². The SMILES string of the molecule is COC(C)C(CCc1ccsc1)NN. The monoisotopic (exact) mass is 214 g/mol. The summed E-state index contributed by atoms with van der Waals surface area (Å²) in [7, 11) is 1.71. The molecule has 2 unspecified atom stereocenters. The fourth-order valence-corrected chi connectivity index (χ4v) is 2.08. The average molecular weight is 214 g/mol. The van der Waals surface area contributed by atoms with Gasteiger partial charge >= 0.3 is 0 Å². The van der Waals surface area contributed by atoms with Gasteiger partial charge in [-0.1, -0.05) is 0 Å². The molecule has 3 N–H and O–H groups in total. The van der Waals surface area contributed by atoms with E-state index >= 15 is 0 Å². The standard InChI is InChI=1S/C10H18N2OS/c1-8(13-2)10(12-11)4-3-9-5-6-14-7-9/h5-8,10,12H,3-4,11H2,1-2H3. The Kier molecular flexibility index (Phi) is 5.11. The van der Waals surface area contributed by atoms with E-state index in [0.717, 1.165) is 12.8 Å². The van der Waals surface area contributed by atoms with E-state index in [1.807, 2.05) is 6.92 Å². The number of hydrazine groups is 1. The van der Waals surface area contributed by atoms with Crippen molar-refractivity contribution in [2.75, 3.05) is 7.11 Å². The lowest BCUT2D eigenvalue weighted by Crippen LogP contribution is -2.43. The summed E-state index contributed by atoms with van der Waals surface area (Å²) >= 11 is 1.73. The quantitative estimate of drug-likeness (QED) is 0.558. The van der Waals surface area contributed by atoms with Crippen LogP contribution >= 0.6 is 11.3 Å². The number of hydrogen-bond donors (Lipinski definition) is 2. The predicted molar refractivity (Wildman–Crippen MR) is 60.2 cm³/mol. The molecule has 0 aliphatic carbocycles. The van der Waals surface area contributed by atoms with E-state index in [9.17, 15) is 0 Å². The number of rotatable bonds is 6. The third-order valence-corrected chi connectivity index (χ3v) is 3.21. The number of thiophene rings is 1. The van der Waals surface area contributed by atoms with Crippen LogP contribution in [-0.2, 0) is 11.2 Å². The van der Waals surface area contributed by atoms with Crippen molar-refractivity contribution in [2.45, 2.75) is 31.9 Å². The molecule has 0 spiro atoms. The molecular formula is C10H18N2OS. The Balaban J connectivity index is 2.34. The number of nitrogens with one attached hydrogen (secondary N) is 1. The predicted octanol–water partition coefficient (Wildman–Crippen LogP) is 1.55. The Morgan fingerprint density at radius 2 is 2.43 bits per heavy atom. The first-order valence-electron chi connectivity index (χ1n) is 4.78. The third-order valence-electron chi connectivity index (χ3n) is 2.48. The molecule has 0 saturated carbocycles. The van der Waals surface area contributed by atoms with Crippen molar-refractivity contribution in [2.24, 2.45) is 5.84 Å². The Labute approximate surface area is 89.2 Å². The Bertz CT molecular complexity index is 238. The van der Waals surface area contributed by atoms with Gasteiger partial charge in [-0.3, -0.25) is 11.3 Å². The second-order valence-electron chi connectivity index (χ2n) is 3.38. The van der Waals surface area contributed by atoms with Gasteiger partial charge in [-0.05, 0) is 42.2 Å². The van der Waals surface area contributed by atoms with E-state index in [2.05, 4.69) is 22.3 Å². The number of aryl methyl sites for hydroxylation is 1. The summed E-state index contributed by atoms with van der Waals surface area (Å²) in [6.45, 7) is 2.03. The highest BCUT2D eigenvalue weighted by atomic mass is 32.1. The van der Waals surface area contributed by atoms with Crippen LogP contribution in [0.3, 0.4) is 0 Å². The maximum atomic E-state index is 5.46. The first-order valence-corrected chi connectivity index (χ1v) is 5.72. The van der Waals surface area contributed by atoms with Crippen LogP contribution < -0.4 is 11.3 Å². The summed E-state index contributed by atoms with van der Waals surface area (Å²) in [6, 6.07) is 2.37. The second kappa shape index (κ2) is 6.14. The molecule has 0 fully saturated rings. The smallest absolute Gasteiger partial charge is 0.0709 e. The van der Waals surface area contributed by atoms with E-state index in [0.29, 0.717) is 0 Å². The zero-order chi connectivity index (χ0) is 10.4. The lowest BCUT2D eigenvalue weighted by molar-refractivity contribution is 0.0802. The highest BCUT2D eigenvalue weighted by Crippen LogP contribution is 2.11. The molecule has 2 atom stereocenters. The molecule has 1 heterocycles. The molecule has 0 saturated heterocycles. The molecule has 4 heteroatoms. The van der Waals surface area contributed by atoms with Crippen molar-refractivity contribution in [3.63, 3.8) is 0 Å². The molecule has 0 aliphatic heterocycles. The molecule has 1 rings (SSSR count). The van der Waals surface area contributed by atoms with Crippen molar-refractivity contribution in [3.8, 4) is 0 Å². The minimum Gasteiger partial charge on any atom is -0.380 e. The topological polar surface area (TPSA) is 47.3 Å². The minimum atomic E-state index is 0.152. The first kappa shape index (κ1) is 11.7. The van der Waals surface area contributed by atoms with Crippen molar-refractivity contribution in [1.82, 2.24) is 5.43 Å². The Morgan fingerprint density at radius 3 is 2.93 bits per heavy atom. The van der Waals surface area contributed by atoms with Crippen LogP contribution in [-0.4, -0.2) is 19.3 Å². The van der Waals surface area contributed by atoms with Gasteiger partial charge in [-0.15, -0.1) is 0 Å². The molecule has 0 amide bonds.